The highest BCUT2D eigenvalue weighted by atomic mass is 32.2. The van der Waals surface area contributed by atoms with Crippen LogP contribution in [-0.2, 0) is 10.0 Å². The number of rotatable bonds is 5. The van der Waals surface area contributed by atoms with E-state index in [4.69, 9.17) is 5.73 Å². The van der Waals surface area contributed by atoms with Gasteiger partial charge in [-0.2, -0.15) is 0 Å². The van der Waals surface area contributed by atoms with Crippen LogP contribution in [0.3, 0.4) is 0 Å². The molecule has 1 fully saturated rings. The van der Waals surface area contributed by atoms with Gasteiger partial charge in [0, 0.05) is 6.04 Å². The van der Waals surface area contributed by atoms with Gasteiger partial charge in [0.1, 0.15) is 0 Å². The number of nitrogens with one attached hydrogen (secondary N) is 1. The minimum atomic E-state index is -3.08. The molecule has 1 aliphatic rings. The molecule has 0 spiro atoms. The van der Waals surface area contributed by atoms with Gasteiger partial charge in [-0.15, -0.1) is 0 Å². The number of hydrogen-bond acceptors (Lipinski definition) is 3. The van der Waals surface area contributed by atoms with E-state index >= 15 is 0 Å². The molecule has 1 rings (SSSR count). The zero-order valence-electron chi connectivity index (χ0n) is 8.21. The van der Waals surface area contributed by atoms with E-state index in [0.717, 1.165) is 6.42 Å². The lowest BCUT2D eigenvalue weighted by Gasteiger charge is -2.06. The van der Waals surface area contributed by atoms with E-state index in [0.29, 0.717) is 13.0 Å². The highest BCUT2D eigenvalue weighted by molar-refractivity contribution is 7.89. The van der Waals surface area contributed by atoms with Crippen molar-refractivity contribution in [2.75, 3.05) is 12.3 Å². The van der Waals surface area contributed by atoms with E-state index < -0.39 is 10.0 Å². The predicted octanol–water partition coefficient (Wildman–Crippen LogP) is 0.0531. The summed E-state index contributed by atoms with van der Waals surface area (Å²) in [6.07, 6.45) is 1.47. The van der Waals surface area contributed by atoms with E-state index in [9.17, 15) is 8.42 Å². The Balaban J connectivity index is 2.36. The molecule has 0 aromatic carbocycles. The summed E-state index contributed by atoms with van der Waals surface area (Å²) in [7, 11) is -3.08. The standard InChI is InChI=1S/C8H18N2O2S/c1-8(2)6-7(8)10-13(11,12)5-3-4-9/h7,10H,3-6,9H2,1-2H3. The minimum Gasteiger partial charge on any atom is -0.330 e. The molecule has 4 nitrogen and oxygen atoms in total. The van der Waals surface area contributed by atoms with E-state index in [-0.39, 0.29) is 17.2 Å². The molecule has 0 amide bonds. The van der Waals surface area contributed by atoms with Gasteiger partial charge in [-0.1, -0.05) is 13.8 Å². The number of hydrogen-bond donors (Lipinski definition) is 2. The zero-order chi connectivity index (χ0) is 10.1. The zero-order valence-corrected chi connectivity index (χ0v) is 9.02. The van der Waals surface area contributed by atoms with Crippen LogP contribution in [0.1, 0.15) is 26.7 Å². The normalized spacial score (nSPS) is 25.9. The summed E-state index contributed by atoms with van der Waals surface area (Å²) in [5, 5.41) is 0. The third-order valence-corrected chi connectivity index (χ3v) is 3.92. The van der Waals surface area contributed by atoms with E-state index in [1.165, 1.54) is 0 Å². The summed E-state index contributed by atoms with van der Waals surface area (Å²) in [5.41, 5.74) is 5.39. The summed E-state index contributed by atoms with van der Waals surface area (Å²) in [5.74, 6) is 0.149. The molecule has 1 aliphatic carbocycles. The second-order valence-corrected chi connectivity index (χ2v) is 6.20. The monoisotopic (exact) mass is 206 g/mol. The Kier molecular flexibility index (Phi) is 2.99. The second-order valence-electron chi connectivity index (χ2n) is 4.32. The maximum atomic E-state index is 11.4. The Morgan fingerprint density at radius 2 is 2.08 bits per heavy atom. The van der Waals surface area contributed by atoms with Crippen LogP contribution >= 0.6 is 0 Å². The first-order chi connectivity index (χ1) is 5.87. The van der Waals surface area contributed by atoms with E-state index in [2.05, 4.69) is 18.6 Å². The lowest BCUT2D eigenvalue weighted by atomic mass is 10.2. The van der Waals surface area contributed by atoms with Crippen LogP contribution in [0, 0.1) is 5.41 Å². The number of nitrogens with two attached hydrogens (primary N) is 1. The van der Waals surface area contributed by atoms with Gasteiger partial charge >= 0.3 is 0 Å². The van der Waals surface area contributed by atoms with Crippen LogP contribution in [0.2, 0.25) is 0 Å². The van der Waals surface area contributed by atoms with Crippen molar-refractivity contribution < 1.29 is 8.42 Å². The van der Waals surface area contributed by atoms with E-state index in [1.54, 1.807) is 0 Å². The molecule has 5 heteroatoms. The van der Waals surface area contributed by atoms with Crippen molar-refractivity contribution >= 4 is 10.0 Å². The third kappa shape index (κ3) is 3.25. The fourth-order valence-corrected chi connectivity index (χ4v) is 2.72. The van der Waals surface area contributed by atoms with Gasteiger partial charge in [0.2, 0.25) is 10.0 Å². The molecule has 0 bridgehead atoms. The van der Waals surface area contributed by atoms with Gasteiger partial charge in [0.25, 0.3) is 0 Å². The largest absolute Gasteiger partial charge is 0.330 e. The first kappa shape index (κ1) is 10.9. The summed E-state index contributed by atoms with van der Waals surface area (Å²) in [6, 6.07) is 0.135. The fraction of sp³-hybridized carbons (Fsp3) is 1.00. The van der Waals surface area contributed by atoms with Gasteiger partial charge in [0.15, 0.2) is 0 Å². The molecule has 0 radical (unpaired) electrons. The summed E-state index contributed by atoms with van der Waals surface area (Å²) in [4.78, 5) is 0. The Hall–Kier alpha value is -0.130. The first-order valence-electron chi connectivity index (χ1n) is 4.57. The minimum absolute atomic E-state index is 0.135. The van der Waals surface area contributed by atoms with Crippen LogP contribution in [0.5, 0.6) is 0 Å². The van der Waals surface area contributed by atoms with Gasteiger partial charge in [0.05, 0.1) is 5.75 Å². The summed E-state index contributed by atoms with van der Waals surface area (Å²) >= 11 is 0. The number of sulfonamides is 1. The molecule has 0 saturated heterocycles. The van der Waals surface area contributed by atoms with Crippen molar-refractivity contribution in [3.8, 4) is 0 Å². The lowest BCUT2D eigenvalue weighted by molar-refractivity contribution is 0.553. The molecular weight excluding hydrogens is 188 g/mol. The third-order valence-electron chi connectivity index (χ3n) is 2.45. The van der Waals surface area contributed by atoms with Crippen LogP contribution < -0.4 is 10.5 Å². The smallest absolute Gasteiger partial charge is 0.211 e. The average molecular weight is 206 g/mol. The van der Waals surface area contributed by atoms with E-state index in [1.807, 2.05) is 0 Å². The van der Waals surface area contributed by atoms with Crippen molar-refractivity contribution in [1.82, 2.24) is 4.72 Å². The van der Waals surface area contributed by atoms with Crippen molar-refractivity contribution in [3.05, 3.63) is 0 Å². The van der Waals surface area contributed by atoms with Crippen LogP contribution in [0.15, 0.2) is 0 Å². The van der Waals surface area contributed by atoms with Gasteiger partial charge in [-0.25, -0.2) is 13.1 Å². The van der Waals surface area contributed by atoms with Gasteiger partial charge in [-0.05, 0) is 24.8 Å². The van der Waals surface area contributed by atoms with Gasteiger partial charge < -0.3 is 5.73 Å². The highest BCUT2D eigenvalue weighted by Crippen LogP contribution is 2.44. The Morgan fingerprint density at radius 3 is 2.46 bits per heavy atom. The Bertz CT molecular complexity index is 272. The molecule has 1 saturated carbocycles. The first-order valence-corrected chi connectivity index (χ1v) is 6.23. The maximum Gasteiger partial charge on any atom is 0.211 e. The lowest BCUT2D eigenvalue weighted by Crippen LogP contribution is -2.31. The average Bonchev–Trinajstić information content (AvgIpc) is 2.53. The van der Waals surface area contributed by atoms with Crippen LogP contribution in [-0.4, -0.2) is 26.8 Å². The summed E-state index contributed by atoms with van der Waals surface area (Å²) < 4.78 is 25.4. The molecule has 0 aromatic heterocycles. The molecule has 1 atom stereocenters. The highest BCUT2D eigenvalue weighted by Gasteiger charge is 2.47. The van der Waals surface area contributed by atoms with Crippen molar-refractivity contribution in [3.63, 3.8) is 0 Å². The molecule has 13 heavy (non-hydrogen) atoms. The molecule has 0 aliphatic heterocycles. The quantitative estimate of drug-likeness (QED) is 0.668. The topological polar surface area (TPSA) is 72.2 Å². The Labute approximate surface area is 79.9 Å². The van der Waals surface area contributed by atoms with Crippen molar-refractivity contribution in [2.24, 2.45) is 11.1 Å². The molecule has 78 valence electrons. The van der Waals surface area contributed by atoms with Crippen molar-refractivity contribution in [1.29, 1.82) is 0 Å². The molecule has 0 aromatic rings. The molecule has 1 unspecified atom stereocenters. The van der Waals surface area contributed by atoms with Crippen LogP contribution in [0.4, 0.5) is 0 Å². The SMILES string of the molecule is CC1(C)CC1NS(=O)(=O)CCCN. The Morgan fingerprint density at radius 1 is 1.54 bits per heavy atom. The summed E-state index contributed by atoms with van der Waals surface area (Å²) in [6.45, 7) is 4.54. The molecular formula is C8H18N2O2S. The van der Waals surface area contributed by atoms with Crippen LogP contribution in [0.25, 0.3) is 0 Å². The molecule has 0 heterocycles. The second kappa shape index (κ2) is 3.55. The van der Waals surface area contributed by atoms with Crippen molar-refractivity contribution in [2.45, 2.75) is 32.7 Å². The molecule has 3 N–H and O–H groups in total. The van der Waals surface area contributed by atoms with Gasteiger partial charge in [-0.3, -0.25) is 0 Å². The maximum absolute atomic E-state index is 11.4. The fourth-order valence-electron chi connectivity index (χ4n) is 1.22. The predicted molar refractivity (Wildman–Crippen MR) is 52.8 cm³/mol.